The molecule has 1 aromatic heterocycles. The number of benzene rings is 2. The van der Waals surface area contributed by atoms with Crippen LogP contribution in [0.15, 0.2) is 46.9 Å². The van der Waals surface area contributed by atoms with Crippen molar-refractivity contribution in [1.29, 1.82) is 0 Å². The summed E-state index contributed by atoms with van der Waals surface area (Å²) in [7, 11) is 1.78. The third-order valence-corrected chi connectivity index (χ3v) is 4.76. The van der Waals surface area contributed by atoms with Gasteiger partial charge in [-0.05, 0) is 36.4 Å². The van der Waals surface area contributed by atoms with Crippen LogP contribution in [0.25, 0.3) is 11.0 Å². The maximum atomic E-state index is 12.7. The van der Waals surface area contributed by atoms with Gasteiger partial charge < -0.3 is 14.2 Å². The van der Waals surface area contributed by atoms with Gasteiger partial charge >= 0.3 is 0 Å². The van der Waals surface area contributed by atoms with Gasteiger partial charge in [0.25, 0.3) is 5.91 Å². The minimum absolute atomic E-state index is 0.0528. The summed E-state index contributed by atoms with van der Waals surface area (Å²) in [6.45, 7) is 2.07. The second-order valence-corrected chi connectivity index (χ2v) is 6.70. The van der Waals surface area contributed by atoms with Gasteiger partial charge in [-0.3, -0.25) is 4.79 Å². The molecule has 1 amide bonds. The van der Waals surface area contributed by atoms with Crippen LogP contribution in [0.4, 0.5) is 5.69 Å². The first-order chi connectivity index (χ1) is 11.6. The Morgan fingerprint density at radius 3 is 3.00 bits per heavy atom. The summed E-state index contributed by atoms with van der Waals surface area (Å²) >= 11 is 3.41. The fraction of sp³-hybridized carbons (Fsp3) is 0.222. The lowest BCUT2D eigenvalue weighted by molar-refractivity contribution is 0.0830. The molecular weight excluding hydrogens is 370 g/mol. The molecule has 24 heavy (non-hydrogen) atoms. The Morgan fingerprint density at radius 1 is 1.29 bits per heavy atom. The number of hydrogen-bond donors (Lipinski definition) is 0. The molecule has 6 heteroatoms. The molecular formula is C18H16BrN3O2. The minimum Gasteiger partial charge on any atom is -0.372 e. The molecule has 5 nitrogen and oxygen atoms in total. The maximum Gasteiger partial charge on any atom is 0.258 e. The van der Waals surface area contributed by atoms with E-state index in [1.54, 1.807) is 11.9 Å². The van der Waals surface area contributed by atoms with Crippen molar-refractivity contribution >= 4 is 38.6 Å². The summed E-state index contributed by atoms with van der Waals surface area (Å²) in [6, 6.07) is 13.3. The summed E-state index contributed by atoms with van der Waals surface area (Å²) in [4.78, 5) is 19.0. The largest absolute Gasteiger partial charge is 0.372 e. The topological polar surface area (TPSA) is 47.4 Å². The molecule has 2 aromatic carbocycles. The molecule has 1 aliphatic heterocycles. The molecule has 3 aromatic rings. The van der Waals surface area contributed by atoms with Crippen molar-refractivity contribution in [3.8, 4) is 0 Å². The molecule has 1 aliphatic rings. The van der Waals surface area contributed by atoms with E-state index in [9.17, 15) is 4.79 Å². The fourth-order valence-corrected chi connectivity index (χ4v) is 3.39. The van der Waals surface area contributed by atoms with Crippen LogP contribution in [-0.4, -0.2) is 29.1 Å². The highest BCUT2D eigenvalue weighted by Crippen LogP contribution is 2.25. The molecule has 0 bridgehead atoms. The third-order valence-electron chi connectivity index (χ3n) is 4.26. The number of anilines is 1. The number of carbonyl (C=O) groups is 1. The molecule has 0 aliphatic carbocycles. The quantitative estimate of drug-likeness (QED) is 0.676. The van der Waals surface area contributed by atoms with Crippen LogP contribution in [0.5, 0.6) is 0 Å². The average Bonchev–Trinajstić information content (AvgIpc) is 2.98. The lowest BCUT2D eigenvalue weighted by atomic mass is 10.2. The molecule has 0 saturated heterocycles. The molecule has 0 unspecified atom stereocenters. The molecule has 122 valence electrons. The van der Waals surface area contributed by atoms with E-state index >= 15 is 0 Å². The van der Waals surface area contributed by atoms with Crippen molar-refractivity contribution in [3.05, 3.63) is 58.3 Å². The summed E-state index contributed by atoms with van der Waals surface area (Å²) in [5, 5.41) is 0. The van der Waals surface area contributed by atoms with E-state index in [2.05, 4.69) is 25.5 Å². The average molecular weight is 386 g/mol. The summed E-state index contributed by atoms with van der Waals surface area (Å²) < 4.78 is 8.53. The van der Waals surface area contributed by atoms with E-state index in [4.69, 9.17) is 4.74 Å². The van der Waals surface area contributed by atoms with Gasteiger partial charge in [-0.1, -0.05) is 22.0 Å². The number of amides is 1. The van der Waals surface area contributed by atoms with Crippen LogP contribution in [0, 0.1) is 0 Å². The first kappa shape index (κ1) is 15.4. The van der Waals surface area contributed by atoms with Crippen molar-refractivity contribution in [2.75, 3.05) is 18.6 Å². The monoisotopic (exact) mass is 385 g/mol. The predicted octanol–water partition coefficient (Wildman–Crippen LogP) is 3.61. The lowest BCUT2D eigenvalue weighted by Crippen LogP contribution is -2.26. The number of aromatic nitrogens is 2. The number of imidazole rings is 1. The van der Waals surface area contributed by atoms with Crippen LogP contribution in [0.2, 0.25) is 0 Å². The zero-order valence-corrected chi connectivity index (χ0v) is 14.8. The van der Waals surface area contributed by atoms with E-state index in [-0.39, 0.29) is 5.91 Å². The predicted molar refractivity (Wildman–Crippen MR) is 96.3 cm³/mol. The SMILES string of the molecule is CN(C(=O)c1cccc(Br)c1)c1ccc2c(c1)nc1n2CCOC1. The summed E-state index contributed by atoms with van der Waals surface area (Å²) in [5.41, 5.74) is 3.44. The molecule has 0 radical (unpaired) electrons. The first-order valence-corrected chi connectivity index (χ1v) is 8.53. The van der Waals surface area contributed by atoms with Crippen LogP contribution >= 0.6 is 15.9 Å². The first-order valence-electron chi connectivity index (χ1n) is 7.74. The minimum atomic E-state index is -0.0528. The van der Waals surface area contributed by atoms with Crippen molar-refractivity contribution in [2.24, 2.45) is 0 Å². The zero-order valence-electron chi connectivity index (χ0n) is 13.2. The number of hydrogen-bond acceptors (Lipinski definition) is 3. The summed E-state index contributed by atoms with van der Waals surface area (Å²) in [6.07, 6.45) is 0. The van der Waals surface area contributed by atoms with Crippen LogP contribution in [0.1, 0.15) is 16.2 Å². The Morgan fingerprint density at radius 2 is 2.17 bits per heavy atom. The van der Waals surface area contributed by atoms with Gasteiger partial charge in [0.1, 0.15) is 12.4 Å². The summed E-state index contributed by atoms with van der Waals surface area (Å²) in [5.74, 6) is 0.886. The molecule has 0 fully saturated rings. The molecule has 0 spiro atoms. The van der Waals surface area contributed by atoms with Crippen molar-refractivity contribution < 1.29 is 9.53 Å². The number of rotatable bonds is 2. The van der Waals surface area contributed by atoms with Crippen LogP contribution in [-0.2, 0) is 17.9 Å². The van der Waals surface area contributed by atoms with Crippen molar-refractivity contribution in [1.82, 2.24) is 9.55 Å². The van der Waals surface area contributed by atoms with E-state index in [1.807, 2.05) is 42.5 Å². The Hall–Kier alpha value is -2.18. The lowest BCUT2D eigenvalue weighted by Gasteiger charge is -2.18. The van der Waals surface area contributed by atoms with Gasteiger partial charge in [0.2, 0.25) is 0 Å². The number of ether oxygens (including phenoxy) is 1. The molecule has 2 heterocycles. The van der Waals surface area contributed by atoms with E-state index < -0.39 is 0 Å². The maximum absolute atomic E-state index is 12.7. The van der Waals surface area contributed by atoms with E-state index in [1.165, 1.54) is 0 Å². The molecule has 4 rings (SSSR count). The second-order valence-electron chi connectivity index (χ2n) is 5.78. The van der Waals surface area contributed by atoms with Gasteiger partial charge in [0.15, 0.2) is 0 Å². The molecule has 0 N–H and O–H groups in total. The highest BCUT2D eigenvalue weighted by atomic mass is 79.9. The number of fused-ring (bicyclic) bond motifs is 3. The van der Waals surface area contributed by atoms with Gasteiger partial charge in [0.05, 0.1) is 17.6 Å². The highest BCUT2D eigenvalue weighted by molar-refractivity contribution is 9.10. The van der Waals surface area contributed by atoms with Gasteiger partial charge in [-0.15, -0.1) is 0 Å². The number of halogens is 1. The van der Waals surface area contributed by atoms with E-state index in [0.29, 0.717) is 18.8 Å². The number of nitrogens with zero attached hydrogens (tertiary/aromatic N) is 3. The van der Waals surface area contributed by atoms with Crippen LogP contribution < -0.4 is 4.90 Å². The Labute approximate surface area is 148 Å². The van der Waals surface area contributed by atoms with Gasteiger partial charge in [0, 0.05) is 29.3 Å². The Bertz CT molecular complexity index is 935. The highest BCUT2D eigenvalue weighted by Gasteiger charge is 2.18. The third kappa shape index (κ3) is 2.61. The van der Waals surface area contributed by atoms with Crippen molar-refractivity contribution in [2.45, 2.75) is 13.2 Å². The van der Waals surface area contributed by atoms with Crippen molar-refractivity contribution in [3.63, 3.8) is 0 Å². The van der Waals surface area contributed by atoms with E-state index in [0.717, 1.165) is 33.6 Å². The molecule has 0 atom stereocenters. The smallest absolute Gasteiger partial charge is 0.258 e. The Kier molecular flexibility index (Phi) is 3.86. The Balaban J connectivity index is 1.69. The normalized spacial score (nSPS) is 13.8. The second kappa shape index (κ2) is 6.03. The van der Waals surface area contributed by atoms with Crippen LogP contribution in [0.3, 0.4) is 0 Å². The van der Waals surface area contributed by atoms with Gasteiger partial charge in [-0.25, -0.2) is 4.98 Å². The molecule has 0 saturated carbocycles. The zero-order chi connectivity index (χ0) is 16.7. The van der Waals surface area contributed by atoms with Gasteiger partial charge in [-0.2, -0.15) is 0 Å². The number of carbonyl (C=O) groups excluding carboxylic acids is 1. The fourth-order valence-electron chi connectivity index (χ4n) is 2.99. The standard InChI is InChI=1S/C18H16BrN3O2/c1-21(18(23)12-3-2-4-13(19)9-12)14-5-6-16-15(10-14)20-17-11-24-8-7-22(16)17/h2-6,9-10H,7-8,11H2,1H3.